The molecule has 846 valence electrons. The fraction of sp³-hybridized carbons (Fsp3) is 0.869. The number of carbonyl (C=O) groups excluding carboxylic acids is 3. The molecule has 54 atom stereocenters. The van der Waals surface area contributed by atoms with E-state index in [0.29, 0.717) is 12.0 Å². The molecular formula is C99H156O49. The molecule has 0 unspecified atom stereocenters. The molecule has 0 radical (unpaired) electrons. The van der Waals surface area contributed by atoms with Gasteiger partial charge in [-0.05, 0) is 140 Å². The van der Waals surface area contributed by atoms with E-state index in [2.05, 4.69) is 13.2 Å². The lowest BCUT2D eigenvalue weighted by atomic mass is 9.33. The van der Waals surface area contributed by atoms with Gasteiger partial charge in [0.2, 0.25) is 12.6 Å². The standard InChI is InChI=1S/C99H156O49/c1-15-93(9,128)24-17-19-40(4)81(126)140-57-27-45(101)62(112)88(141-57)148-94(10,16-2)25-18-20-39(3)80(125)139-56-31-99(91(127)147-90-78(67(117)64(114)52(138-90)36-133-82-71(121)65(115)58(108)41(5)135-82)145-86-73(123)68(118)75(42(6)136-86)142-85-74(124)76(50(106)35-131-85)143-83-69(119)59(109)47(103)32-129-83)44(28-92(56,7)8)43-21-22-54-95(11)29-46(102)79(96(12,38-100)53(95)23-26-97(54,13)98(43,14)30-55(99)107)146-87-72(122)66(116)63(113)51(137-87)37-134-89-77(61(111)49(105)34-132-89)144-84-70(120)60(110)48(104)33-130-84/h15-16,19-21,41-42,44-79,82-90,100-124,128H,1-2,17-18,22-38H2,3-14H3/b39-20+,40-19+/t41-,42-,44+,45+,46+,47-,48-,49-,50-,51-,52-,53+,54+,55+,56-,57+,58-,59+,60+,61+,62-,63-,64-,65+,66+,67+,68-,69-,70-,71-,72-,73-,74-,75-,76+,77-,78-,79-,82-,83+,84+,85+,86+,87+,88+,89+,90+,93+,94+,95-,96-,97+,98-,99-/m0/s1. The van der Waals surface area contributed by atoms with E-state index in [4.69, 9.17) is 94.7 Å². The third-order valence-corrected chi connectivity index (χ3v) is 34.4. The Kier molecular flexibility index (Phi) is 37.7. The van der Waals surface area contributed by atoms with Gasteiger partial charge in [0.05, 0.1) is 94.1 Å². The largest absolute Gasteiger partial charge is 0.458 e. The normalized spacial score (nSPS) is 49.9. The van der Waals surface area contributed by atoms with Crippen molar-refractivity contribution in [2.45, 2.75) is 442 Å². The van der Waals surface area contributed by atoms with Crippen LogP contribution in [0.2, 0.25) is 0 Å². The molecule has 0 spiro atoms. The second kappa shape index (κ2) is 46.9. The molecule has 148 heavy (non-hydrogen) atoms. The van der Waals surface area contributed by atoms with Crippen LogP contribution < -0.4 is 0 Å². The zero-order chi connectivity index (χ0) is 109. The molecule has 49 nitrogen and oxygen atoms in total. The molecule has 26 N–H and O–H groups in total. The number of carbonyl (C=O) groups is 3. The van der Waals surface area contributed by atoms with Crippen LogP contribution in [-0.2, 0) is 109 Å². The average Bonchev–Trinajstić information content (AvgIpc) is 0.664. The minimum Gasteiger partial charge on any atom is -0.458 e. The van der Waals surface area contributed by atoms with Gasteiger partial charge in [-0.2, -0.15) is 0 Å². The second-order valence-electron chi connectivity index (χ2n) is 45.0. The molecule has 4 saturated carbocycles. The van der Waals surface area contributed by atoms with Gasteiger partial charge in [0.15, 0.2) is 56.4 Å². The summed E-state index contributed by atoms with van der Waals surface area (Å²) in [7, 11) is 0. The number of ether oxygens (including phenoxy) is 20. The first-order valence-electron chi connectivity index (χ1n) is 50.8. The number of hydrogen-bond donors (Lipinski definition) is 26. The van der Waals surface area contributed by atoms with Gasteiger partial charge < -0.3 is 228 Å². The lowest BCUT2D eigenvalue weighted by molar-refractivity contribution is -0.381. The molecule has 0 aromatic rings. The molecule has 0 amide bonds. The van der Waals surface area contributed by atoms with Gasteiger partial charge in [-0.15, -0.1) is 13.2 Å². The molecule has 9 saturated heterocycles. The van der Waals surface area contributed by atoms with Crippen LogP contribution in [0, 0.1) is 50.2 Å². The molecule has 0 aromatic heterocycles. The molecule has 9 aliphatic heterocycles. The van der Waals surface area contributed by atoms with E-state index in [1.54, 1.807) is 40.7 Å². The summed E-state index contributed by atoms with van der Waals surface area (Å²) in [6, 6.07) is 0. The summed E-state index contributed by atoms with van der Waals surface area (Å²) in [4.78, 5) is 45.5. The van der Waals surface area contributed by atoms with Crippen LogP contribution >= 0.6 is 0 Å². The average molecular weight is 2130 g/mol. The molecule has 9 heterocycles. The molecule has 0 aromatic carbocycles. The zero-order valence-electron chi connectivity index (χ0n) is 84.9. The Hall–Kier alpha value is -4.61. The monoisotopic (exact) mass is 2130 g/mol. The smallest absolute Gasteiger partial charge is 0.335 e. The van der Waals surface area contributed by atoms with Crippen molar-refractivity contribution in [2.24, 2.45) is 50.2 Å². The van der Waals surface area contributed by atoms with Crippen LogP contribution in [0.15, 0.2) is 60.3 Å². The topological polar surface area (TPSA) is 762 Å². The maximum atomic E-state index is 17.0. The summed E-state index contributed by atoms with van der Waals surface area (Å²) in [5, 5.41) is 295. The van der Waals surface area contributed by atoms with E-state index >= 15 is 9.59 Å². The van der Waals surface area contributed by atoms with Crippen molar-refractivity contribution in [3.63, 3.8) is 0 Å². The Morgan fingerprint density at radius 2 is 0.946 bits per heavy atom. The summed E-state index contributed by atoms with van der Waals surface area (Å²) < 4.78 is 120. The molecule has 13 fully saturated rings. The highest BCUT2D eigenvalue weighted by Crippen LogP contribution is 2.77. The number of fused-ring (bicyclic) bond motifs is 7. The van der Waals surface area contributed by atoms with Crippen LogP contribution in [0.1, 0.15) is 160 Å². The van der Waals surface area contributed by atoms with Crippen molar-refractivity contribution >= 4 is 17.9 Å². The summed E-state index contributed by atoms with van der Waals surface area (Å²) >= 11 is 0. The first-order valence-corrected chi connectivity index (χ1v) is 50.8. The Balaban J connectivity index is 0.750. The van der Waals surface area contributed by atoms with E-state index in [1.807, 2.05) is 26.8 Å². The van der Waals surface area contributed by atoms with Crippen LogP contribution in [0.5, 0.6) is 0 Å². The fourth-order valence-electron chi connectivity index (χ4n) is 24.7. The number of allylic oxidation sites excluding steroid dienone is 4. The Morgan fingerprint density at radius 1 is 0.453 bits per heavy atom. The van der Waals surface area contributed by atoms with E-state index in [0.717, 1.165) is 0 Å². The fourth-order valence-corrected chi connectivity index (χ4v) is 24.7. The number of esters is 3. The Bertz CT molecular complexity index is 4570. The summed E-state index contributed by atoms with van der Waals surface area (Å²) in [6.07, 6.45) is -70.4. The summed E-state index contributed by atoms with van der Waals surface area (Å²) in [6.45, 7) is 23.2. The van der Waals surface area contributed by atoms with Crippen molar-refractivity contribution in [2.75, 3.05) is 46.2 Å². The number of aliphatic hydroxyl groups is 26. The maximum absolute atomic E-state index is 17.0. The van der Waals surface area contributed by atoms with Crippen molar-refractivity contribution in [1.82, 2.24) is 0 Å². The Morgan fingerprint density at radius 3 is 1.55 bits per heavy atom. The highest BCUT2D eigenvalue weighted by Gasteiger charge is 2.75. The first kappa shape index (κ1) is 119. The highest BCUT2D eigenvalue weighted by atomic mass is 16.8. The number of rotatable bonds is 33. The first-order chi connectivity index (χ1) is 69.3. The van der Waals surface area contributed by atoms with Crippen LogP contribution in [0.25, 0.3) is 0 Å². The molecule has 0 bridgehead atoms. The SMILES string of the molecule is C=C[C@@](C)(O)CC/C=C(\C)C(=O)O[C@H]1C[C@@H](O)[C@H](O)[C@@H](O[C@](C)(C=C)CC/C=C(\C)C(=O)O[C@H]2C[C@@]3(C(=O)O[C@H]4O[C@@H](CO[C@H]5O[C@@H](C)[C@H](O)[C@@H](O)[C@@H]5O)[C@H](O)[C@@H](O)[C@@H]4O[C@H]4O[C@@H](C)[C@H](O[C@H]5OC[C@H](O)[C@@H](O[C@H]6OC[C@H](O)[C@@H](O)[C@@H]6O)[C@@H]5O)[C@@H](O)[C@@H]4O)[C@H](O)C[C@@]4(C)C(=CC[C@@H]5[C@@]6(C)C[C@@H](O)[C@H](O[C@H]7O[C@@H](CO[C@H]8OC[C@H](O)[C@@H](O)[C@@H]8O[C@H]8OC[C@H](O)[C@@H](O)[C@@H]8O)[C@H](O)[C@@H](O)[C@@H]7O)[C@@](C)(CO)[C@@H]6CC[C@]54C)[C@H]3CC2(C)C)O1. The highest BCUT2D eigenvalue weighted by molar-refractivity contribution is 5.88. The van der Waals surface area contributed by atoms with Crippen molar-refractivity contribution in [1.29, 1.82) is 0 Å². The van der Waals surface area contributed by atoms with Gasteiger partial charge in [-0.25, -0.2) is 9.59 Å². The van der Waals surface area contributed by atoms with Crippen LogP contribution in [0.3, 0.4) is 0 Å². The van der Waals surface area contributed by atoms with Crippen molar-refractivity contribution in [3.8, 4) is 0 Å². The third-order valence-electron chi connectivity index (χ3n) is 34.4. The third kappa shape index (κ3) is 23.4. The van der Waals surface area contributed by atoms with Gasteiger partial charge in [0.1, 0.15) is 170 Å². The minimum absolute atomic E-state index is 0.0153. The van der Waals surface area contributed by atoms with Gasteiger partial charge in [0.25, 0.3) is 0 Å². The van der Waals surface area contributed by atoms with Crippen molar-refractivity contribution in [3.05, 3.63) is 60.3 Å². The van der Waals surface area contributed by atoms with Gasteiger partial charge in [0, 0.05) is 34.8 Å². The van der Waals surface area contributed by atoms with E-state index in [9.17, 15) is 138 Å². The second-order valence-corrected chi connectivity index (χ2v) is 45.0. The van der Waals surface area contributed by atoms with Gasteiger partial charge >= 0.3 is 17.9 Å². The summed E-state index contributed by atoms with van der Waals surface area (Å²) in [5.74, 6) is -5.22. The lowest BCUT2D eigenvalue weighted by Crippen LogP contribution is -2.71. The number of aliphatic hydroxyl groups excluding tert-OH is 25. The predicted octanol–water partition coefficient (Wildman–Crippen LogP) is -7.00. The molecule has 14 aliphatic rings. The van der Waals surface area contributed by atoms with Crippen molar-refractivity contribution < 1.29 is 242 Å². The molecule has 5 aliphatic carbocycles. The van der Waals surface area contributed by atoms with Crippen LogP contribution in [-0.4, -0.2) is 479 Å². The van der Waals surface area contributed by atoms with E-state index in [1.165, 1.54) is 45.9 Å². The zero-order valence-corrected chi connectivity index (χ0v) is 84.9. The van der Waals surface area contributed by atoms with E-state index < -0.39 is 402 Å². The minimum atomic E-state index is -2.35. The molecular weight excluding hydrogens is 1970 g/mol. The Labute approximate surface area is 854 Å². The molecule has 14 rings (SSSR count). The predicted molar refractivity (Wildman–Crippen MR) is 494 cm³/mol. The molecule has 49 heteroatoms. The summed E-state index contributed by atoms with van der Waals surface area (Å²) in [5.41, 5.74) is -9.85. The quantitative estimate of drug-likeness (QED) is 0.00954. The van der Waals surface area contributed by atoms with Crippen LogP contribution in [0.4, 0.5) is 0 Å². The lowest BCUT2D eigenvalue weighted by Gasteiger charge is -2.72. The van der Waals surface area contributed by atoms with E-state index in [-0.39, 0.29) is 75.4 Å². The van der Waals surface area contributed by atoms with Gasteiger partial charge in [-0.3, -0.25) is 4.79 Å². The number of hydrogen-bond acceptors (Lipinski definition) is 49. The van der Waals surface area contributed by atoms with Gasteiger partial charge in [-0.1, -0.05) is 77.5 Å². The maximum Gasteiger partial charge on any atom is 0.335 e.